The number of nitrogens with one attached hydrogen (secondary N) is 2. The van der Waals surface area contributed by atoms with Gasteiger partial charge in [0, 0.05) is 22.7 Å². The highest BCUT2D eigenvalue weighted by molar-refractivity contribution is 7.09. The van der Waals surface area contributed by atoms with Gasteiger partial charge in [0.1, 0.15) is 5.01 Å². The second kappa shape index (κ2) is 5.88. The molecule has 0 saturated heterocycles. The molecular formula is C15H13N3O2S. The van der Waals surface area contributed by atoms with Crippen LogP contribution in [0.5, 0.6) is 0 Å². The van der Waals surface area contributed by atoms with Crippen LogP contribution in [0, 0.1) is 0 Å². The molecule has 0 aliphatic heterocycles. The van der Waals surface area contributed by atoms with E-state index in [9.17, 15) is 9.59 Å². The summed E-state index contributed by atoms with van der Waals surface area (Å²) in [6, 6.07) is 9.26. The van der Waals surface area contributed by atoms with E-state index in [4.69, 9.17) is 0 Å². The molecule has 0 atom stereocenters. The van der Waals surface area contributed by atoms with Crippen molar-refractivity contribution < 1.29 is 4.79 Å². The molecule has 0 unspecified atom stereocenters. The van der Waals surface area contributed by atoms with Gasteiger partial charge in [0.25, 0.3) is 5.56 Å². The lowest BCUT2D eigenvalue weighted by Gasteiger charge is -2.04. The number of pyridine rings is 1. The Hall–Kier alpha value is -2.47. The molecule has 0 saturated carbocycles. The predicted octanol–water partition coefficient (Wildman–Crippen LogP) is 1.84. The number of aromatic nitrogens is 2. The van der Waals surface area contributed by atoms with Gasteiger partial charge in [-0.25, -0.2) is 4.98 Å². The summed E-state index contributed by atoms with van der Waals surface area (Å²) in [5, 5.41) is 6.38. The number of rotatable bonds is 4. The fourth-order valence-corrected chi connectivity index (χ4v) is 2.63. The summed E-state index contributed by atoms with van der Waals surface area (Å²) in [6.07, 6.45) is 1.76. The molecule has 1 aromatic carbocycles. The van der Waals surface area contributed by atoms with Crippen LogP contribution < -0.4 is 10.9 Å². The summed E-state index contributed by atoms with van der Waals surface area (Å²) in [5.41, 5.74) is 1.01. The van der Waals surface area contributed by atoms with Crippen molar-refractivity contribution in [2.45, 2.75) is 13.0 Å². The minimum atomic E-state index is -0.224. The molecule has 21 heavy (non-hydrogen) atoms. The molecule has 6 heteroatoms. The lowest BCUT2D eigenvalue weighted by molar-refractivity contribution is -0.120. The first-order chi connectivity index (χ1) is 10.2. The Balaban J connectivity index is 1.73. The molecule has 1 amide bonds. The Bertz CT molecular complexity index is 824. The van der Waals surface area contributed by atoms with E-state index in [1.165, 1.54) is 11.3 Å². The normalized spacial score (nSPS) is 10.7. The first kappa shape index (κ1) is 13.5. The molecule has 2 heterocycles. The van der Waals surface area contributed by atoms with Gasteiger partial charge in [-0.3, -0.25) is 9.59 Å². The van der Waals surface area contributed by atoms with Gasteiger partial charge in [-0.05, 0) is 17.5 Å². The van der Waals surface area contributed by atoms with Crippen molar-refractivity contribution in [1.29, 1.82) is 0 Å². The van der Waals surface area contributed by atoms with E-state index >= 15 is 0 Å². The Morgan fingerprint density at radius 3 is 3.00 bits per heavy atom. The van der Waals surface area contributed by atoms with Crippen molar-refractivity contribution in [2.75, 3.05) is 0 Å². The molecule has 2 aromatic heterocycles. The Morgan fingerprint density at radius 2 is 2.19 bits per heavy atom. The van der Waals surface area contributed by atoms with Crippen molar-refractivity contribution >= 4 is 28.1 Å². The number of benzene rings is 1. The smallest absolute Gasteiger partial charge is 0.252 e. The maximum atomic E-state index is 12.0. The van der Waals surface area contributed by atoms with Crippen LogP contribution in [0.2, 0.25) is 0 Å². The summed E-state index contributed by atoms with van der Waals surface area (Å²) in [4.78, 5) is 30.7. The van der Waals surface area contributed by atoms with E-state index in [-0.39, 0.29) is 17.9 Å². The molecule has 106 valence electrons. The van der Waals surface area contributed by atoms with Crippen molar-refractivity contribution in [3.05, 3.63) is 62.8 Å². The molecule has 5 nitrogen and oxygen atoms in total. The average molecular weight is 299 g/mol. The molecule has 0 spiro atoms. The van der Waals surface area contributed by atoms with Crippen LogP contribution in [-0.4, -0.2) is 15.9 Å². The van der Waals surface area contributed by atoms with Crippen LogP contribution in [0.15, 0.2) is 46.7 Å². The first-order valence-electron chi connectivity index (χ1n) is 6.48. The number of hydrogen-bond acceptors (Lipinski definition) is 4. The third kappa shape index (κ3) is 3.17. The molecule has 2 N–H and O–H groups in total. The van der Waals surface area contributed by atoms with Gasteiger partial charge in [0.2, 0.25) is 5.91 Å². The van der Waals surface area contributed by atoms with E-state index in [1.807, 2.05) is 29.6 Å². The van der Waals surface area contributed by atoms with Gasteiger partial charge in [-0.2, -0.15) is 0 Å². The van der Waals surface area contributed by atoms with Crippen molar-refractivity contribution in [2.24, 2.45) is 0 Å². The number of thiazole rings is 1. The van der Waals surface area contributed by atoms with Crippen LogP contribution in [0.1, 0.15) is 10.6 Å². The third-order valence-electron chi connectivity index (χ3n) is 3.10. The zero-order valence-electron chi connectivity index (χ0n) is 11.1. The number of fused-ring (bicyclic) bond motifs is 1. The number of carbonyl (C=O) groups is 1. The largest absolute Gasteiger partial charge is 0.349 e. The number of aromatic amines is 1. The summed E-state index contributed by atoms with van der Waals surface area (Å²) < 4.78 is 0. The topological polar surface area (TPSA) is 74.8 Å². The highest BCUT2D eigenvalue weighted by Crippen LogP contribution is 2.10. The zero-order chi connectivity index (χ0) is 14.7. The Morgan fingerprint density at radius 1 is 1.33 bits per heavy atom. The second-order valence-corrected chi connectivity index (χ2v) is 5.57. The molecule has 0 aliphatic carbocycles. The lowest BCUT2D eigenvalue weighted by Crippen LogP contribution is -2.27. The number of amides is 1. The van der Waals surface area contributed by atoms with Gasteiger partial charge >= 0.3 is 0 Å². The van der Waals surface area contributed by atoms with Crippen LogP contribution in [0.4, 0.5) is 0 Å². The van der Waals surface area contributed by atoms with Gasteiger partial charge in [-0.15, -0.1) is 11.3 Å². The number of carbonyl (C=O) groups excluding carboxylic acids is 1. The minimum Gasteiger partial charge on any atom is -0.349 e. The third-order valence-corrected chi connectivity index (χ3v) is 3.88. The molecule has 3 aromatic rings. The number of hydrogen-bond donors (Lipinski definition) is 2. The summed E-state index contributed by atoms with van der Waals surface area (Å²) in [6.45, 7) is 0.391. The predicted molar refractivity (Wildman–Crippen MR) is 82.2 cm³/mol. The quantitative estimate of drug-likeness (QED) is 0.772. The fourth-order valence-electron chi connectivity index (χ4n) is 2.07. The van der Waals surface area contributed by atoms with Crippen LogP contribution in [0.25, 0.3) is 10.9 Å². The first-order valence-corrected chi connectivity index (χ1v) is 7.36. The highest BCUT2D eigenvalue weighted by Gasteiger charge is 2.09. The van der Waals surface area contributed by atoms with Gasteiger partial charge in [0.05, 0.1) is 13.0 Å². The van der Waals surface area contributed by atoms with Crippen LogP contribution >= 0.6 is 11.3 Å². The van der Waals surface area contributed by atoms with Gasteiger partial charge in [-0.1, -0.05) is 18.2 Å². The van der Waals surface area contributed by atoms with E-state index in [0.717, 1.165) is 15.9 Å². The standard InChI is InChI=1S/C15H13N3O2S/c19-13(17-9-14-16-5-6-21-14)8-11-7-10-3-1-2-4-12(10)18-15(11)20/h1-7H,8-9H2,(H,17,19)(H,18,20). The molecule has 0 radical (unpaired) electrons. The highest BCUT2D eigenvalue weighted by atomic mass is 32.1. The van der Waals surface area contributed by atoms with Crippen molar-refractivity contribution in [3.8, 4) is 0 Å². The maximum Gasteiger partial charge on any atom is 0.252 e. The lowest BCUT2D eigenvalue weighted by atomic mass is 10.1. The zero-order valence-corrected chi connectivity index (χ0v) is 11.9. The van der Waals surface area contributed by atoms with Crippen molar-refractivity contribution in [1.82, 2.24) is 15.3 Å². The number of H-pyrrole nitrogens is 1. The number of para-hydroxylation sites is 1. The molecule has 0 bridgehead atoms. The van der Waals surface area contributed by atoms with E-state index in [2.05, 4.69) is 15.3 Å². The second-order valence-electron chi connectivity index (χ2n) is 4.59. The monoisotopic (exact) mass is 299 g/mol. The molecule has 3 rings (SSSR count). The molecular weight excluding hydrogens is 286 g/mol. The van der Waals surface area contributed by atoms with E-state index in [0.29, 0.717) is 12.1 Å². The van der Waals surface area contributed by atoms with Crippen molar-refractivity contribution in [3.63, 3.8) is 0 Å². The Labute approximate surface area is 124 Å². The Kier molecular flexibility index (Phi) is 3.79. The minimum absolute atomic E-state index is 0.0611. The number of nitrogens with zero attached hydrogens (tertiary/aromatic N) is 1. The fraction of sp³-hybridized carbons (Fsp3) is 0.133. The van der Waals surface area contributed by atoms with Crippen LogP contribution in [-0.2, 0) is 17.8 Å². The average Bonchev–Trinajstić information content (AvgIpc) is 2.99. The molecule has 0 aliphatic rings. The van der Waals surface area contributed by atoms with Crippen LogP contribution in [0.3, 0.4) is 0 Å². The summed E-state index contributed by atoms with van der Waals surface area (Å²) in [5.74, 6) is -0.189. The van der Waals surface area contributed by atoms with E-state index < -0.39 is 0 Å². The van der Waals surface area contributed by atoms with Gasteiger partial charge < -0.3 is 10.3 Å². The SMILES string of the molecule is O=C(Cc1cc2ccccc2[nH]c1=O)NCc1nccs1. The van der Waals surface area contributed by atoms with E-state index in [1.54, 1.807) is 12.3 Å². The maximum absolute atomic E-state index is 12.0. The van der Waals surface area contributed by atoms with Gasteiger partial charge in [0.15, 0.2) is 0 Å². The summed E-state index contributed by atoms with van der Waals surface area (Å²) >= 11 is 1.48. The molecule has 0 fully saturated rings. The summed E-state index contributed by atoms with van der Waals surface area (Å²) in [7, 11) is 0.